The molecule has 298 valence electrons. The molecule has 0 aliphatic carbocycles. The van der Waals surface area contributed by atoms with Gasteiger partial charge in [0.15, 0.2) is 34.9 Å². The molecule has 0 bridgehead atoms. The van der Waals surface area contributed by atoms with Crippen LogP contribution in [0.15, 0.2) is 207 Å². The fourth-order valence-corrected chi connectivity index (χ4v) is 8.59. The van der Waals surface area contributed by atoms with Gasteiger partial charge >= 0.3 is 0 Å². The number of hydrogen-bond donors (Lipinski definition) is 0. The van der Waals surface area contributed by atoms with E-state index in [9.17, 15) is 0 Å². The van der Waals surface area contributed by atoms with Gasteiger partial charge in [0.1, 0.15) is 0 Å². The zero-order valence-corrected chi connectivity index (χ0v) is 34.2. The van der Waals surface area contributed by atoms with Crippen LogP contribution in [0.2, 0.25) is 0 Å². The molecule has 12 rings (SSSR count). The summed E-state index contributed by atoms with van der Waals surface area (Å²) in [6.07, 6.45) is 7.23. The minimum absolute atomic E-state index is 0.602. The molecule has 0 aliphatic heterocycles. The first-order chi connectivity index (χ1) is 31.7. The van der Waals surface area contributed by atoms with E-state index in [0.717, 1.165) is 88.0 Å². The van der Waals surface area contributed by atoms with Crippen molar-refractivity contribution in [2.24, 2.45) is 0 Å². The van der Waals surface area contributed by atoms with Gasteiger partial charge in [-0.1, -0.05) is 146 Å². The van der Waals surface area contributed by atoms with E-state index in [1.165, 1.54) is 0 Å². The van der Waals surface area contributed by atoms with Crippen LogP contribution in [0.25, 0.3) is 123 Å². The second kappa shape index (κ2) is 15.5. The Bertz CT molecular complexity index is 3380. The van der Waals surface area contributed by atoms with E-state index >= 15 is 0 Å². The third-order valence-corrected chi connectivity index (χ3v) is 11.8. The average molecular weight is 819 g/mol. The molecule has 8 heteroatoms. The van der Waals surface area contributed by atoms with Crippen LogP contribution in [0.1, 0.15) is 0 Å². The van der Waals surface area contributed by atoms with Crippen molar-refractivity contribution in [1.82, 2.24) is 39.9 Å². The third-order valence-electron chi connectivity index (χ3n) is 11.8. The zero-order chi connectivity index (χ0) is 42.4. The molecule has 0 fully saturated rings. The summed E-state index contributed by atoms with van der Waals surface area (Å²) >= 11 is 0. The molecule has 0 N–H and O–H groups in total. The van der Waals surface area contributed by atoms with Gasteiger partial charge in [-0.15, -0.1) is 0 Å². The monoisotopic (exact) mass is 818 g/mol. The quantitative estimate of drug-likeness (QED) is 0.140. The van der Waals surface area contributed by atoms with Crippen molar-refractivity contribution in [3.05, 3.63) is 207 Å². The van der Waals surface area contributed by atoms with Gasteiger partial charge in [-0.3, -0.25) is 9.97 Å². The summed E-state index contributed by atoms with van der Waals surface area (Å²) < 4.78 is 0. The van der Waals surface area contributed by atoms with Gasteiger partial charge in [0, 0.05) is 58.2 Å². The average Bonchev–Trinajstić information content (AvgIpc) is 3.38. The Kier molecular flexibility index (Phi) is 8.97. The lowest BCUT2D eigenvalue weighted by molar-refractivity contribution is 1.08. The highest BCUT2D eigenvalue weighted by Gasteiger charge is 2.20. The first-order valence-corrected chi connectivity index (χ1v) is 21.1. The van der Waals surface area contributed by atoms with Crippen LogP contribution >= 0.6 is 0 Å². The van der Waals surface area contributed by atoms with Gasteiger partial charge in [0.25, 0.3) is 0 Å². The summed E-state index contributed by atoms with van der Waals surface area (Å²) in [5.41, 5.74) is 9.86. The number of aromatic nitrogens is 8. The summed E-state index contributed by atoms with van der Waals surface area (Å²) in [4.78, 5) is 39.1. The highest BCUT2D eigenvalue weighted by atomic mass is 15.0. The van der Waals surface area contributed by atoms with E-state index in [1.54, 1.807) is 24.8 Å². The predicted molar refractivity (Wildman–Crippen MR) is 256 cm³/mol. The molecular weight excluding hydrogens is 785 g/mol. The van der Waals surface area contributed by atoms with E-state index in [0.29, 0.717) is 34.9 Å². The molecule has 0 atom stereocenters. The van der Waals surface area contributed by atoms with Gasteiger partial charge in [0.2, 0.25) is 0 Å². The Balaban J connectivity index is 1.01. The van der Waals surface area contributed by atoms with Gasteiger partial charge < -0.3 is 0 Å². The molecule has 0 saturated heterocycles. The number of hydrogen-bond acceptors (Lipinski definition) is 8. The molecule has 0 radical (unpaired) electrons. The topological polar surface area (TPSA) is 103 Å². The zero-order valence-electron chi connectivity index (χ0n) is 34.2. The Hall–Kier alpha value is -8.88. The second-order valence-corrected chi connectivity index (χ2v) is 15.6. The molecule has 4 heterocycles. The first kappa shape index (κ1) is 36.9. The van der Waals surface area contributed by atoms with Crippen LogP contribution in [0, 0.1) is 0 Å². The van der Waals surface area contributed by atoms with Crippen molar-refractivity contribution >= 4 is 32.3 Å². The van der Waals surface area contributed by atoms with E-state index in [-0.39, 0.29) is 0 Å². The molecule has 0 unspecified atom stereocenters. The number of rotatable bonds is 8. The first-order valence-electron chi connectivity index (χ1n) is 21.1. The molecular formula is C56H34N8. The van der Waals surface area contributed by atoms with Gasteiger partial charge in [-0.2, -0.15) is 0 Å². The largest absolute Gasteiger partial charge is 0.265 e. The molecule has 12 aromatic rings. The van der Waals surface area contributed by atoms with Crippen LogP contribution in [0.4, 0.5) is 0 Å². The molecule has 0 aliphatic rings. The SMILES string of the molecule is c1ccc(-c2nc(-c3ccc(-c4ccncc4)cc3)nc(-c3ccc4ccc5c(-c6nc(-c7ccccc7)nc(-c7ccc(-c8ccncc8)cc7)n6)ccc6ccc3c4c65)n2)cc1. The van der Waals surface area contributed by atoms with Crippen LogP contribution in [0.5, 0.6) is 0 Å². The fraction of sp³-hybridized carbons (Fsp3) is 0. The third kappa shape index (κ3) is 6.67. The minimum Gasteiger partial charge on any atom is -0.265 e. The number of pyridine rings is 2. The smallest absolute Gasteiger partial charge is 0.164 e. The Labute approximate surface area is 368 Å². The van der Waals surface area contributed by atoms with Crippen LogP contribution < -0.4 is 0 Å². The van der Waals surface area contributed by atoms with Crippen molar-refractivity contribution in [2.75, 3.05) is 0 Å². The maximum absolute atomic E-state index is 5.19. The maximum Gasteiger partial charge on any atom is 0.164 e. The number of benzene rings is 8. The van der Waals surface area contributed by atoms with E-state index in [2.05, 4.69) is 107 Å². The molecule has 0 saturated carbocycles. The Morgan fingerprint density at radius 1 is 0.219 bits per heavy atom. The molecule has 64 heavy (non-hydrogen) atoms. The van der Waals surface area contributed by atoms with E-state index < -0.39 is 0 Å². The summed E-state index contributed by atoms with van der Waals surface area (Å²) in [7, 11) is 0. The second-order valence-electron chi connectivity index (χ2n) is 15.6. The summed E-state index contributed by atoms with van der Waals surface area (Å²) in [5, 5.41) is 6.59. The maximum atomic E-state index is 5.19. The van der Waals surface area contributed by atoms with Crippen molar-refractivity contribution in [2.45, 2.75) is 0 Å². The lowest BCUT2D eigenvalue weighted by Gasteiger charge is -2.16. The molecule has 8 aromatic carbocycles. The summed E-state index contributed by atoms with van der Waals surface area (Å²) in [6.45, 7) is 0. The molecule has 0 amide bonds. The summed E-state index contributed by atoms with van der Waals surface area (Å²) in [5.74, 6) is 3.63. The van der Waals surface area contributed by atoms with Crippen LogP contribution in [-0.4, -0.2) is 39.9 Å². The molecule has 0 spiro atoms. The van der Waals surface area contributed by atoms with Crippen molar-refractivity contribution in [3.8, 4) is 90.6 Å². The molecule has 4 aromatic heterocycles. The fourth-order valence-electron chi connectivity index (χ4n) is 8.59. The van der Waals surface area contributed by atoms with Crippen LogP contribution in [0.3, 0.4) is 0 Å². The van der Waals surface area contributed by atoms with E-state index in [1.807, 2.05) is 84.9 Å². The normalized spacial score (nSPS) is 11.4. The van der Waals surface area contributed by atoms with Crippen molar-refractivity contribution < 1.29 is 0 Å². The summed E-state index contributed by atoms with van der Waals surface area (Å²) in [6, 6.07) is 62.3. The Morgan fingerprint density at radius 3 is 0.891 bits per heavy atom. The standard InChI is InChI=1S/C56H34N8/c1-3-7-41(8-4-1)51-59-53(43-15-11-35(12-16-43)37-27-31-57-32-28-37)63-55(61-51)47-25-21-39-20-24-46-48(26-22-40-19-23-45(47)49(39)50(40)46)56-62-52(42-9-5-2-6-10-42)60-54(64-56)44-17-13-36(14-18-44)38-29-33-58-34-30-38/h1-34H. The lowest BCUT2D eigenvalue weighted by atomic mass is 9.89. The van der Waals surface area contributed by atoms with Gasteiger partial charge in [0.05, 0.1) is 0 Å². The molecule has 8 nitrogen and oxygen atoms in total. The lowest BCUT2D eigenvalue weighted by Crippen LogP contribution is -2.01. The van der Waals surface area contributed by atoms with E-state index in [4.69, 9.17) is 29.9 Å². The van der Waals surface area contributed by atoms with Gasteiger partial charge in [-0.25, -0.2) is 29.9 Å². The van der Waals surface area contributed by atoms with Gasteiger partial charge in [-0.05, 0) is 91.0 Å². The van der Waals surface area contributed by atoms with Crippen molar-refractivity contribution in [3.63, 3.8) is 0 Å². The minimum atomic E-state index is 0.602. The highest BCUT2D eigenvalue weighted by Crippen LogP contribution is 2.42. The predicted octanol–water partition coefficient (Wildman–Crippen LogP) is 13.1. The highest BCUT2D eigenvalue weighted by molar-refractivity contribution is 6.27. The number of nitrogens with zero attached hydrogens (tertiary/aromatic N) is 8. The Morgan fingerprint density at radius 2 is 0.516 bits per heavy atom. The van der Waals surface area contributed by atoms with Crippen LogP contribution in [-0.2, 0) is 0 Å². The van der Waals surface area contributed by atoms with Crippen molar-refractivity contribution in [1.29, 1.82) is 0 Å².